The highest BCUT2D eigenvalue weighted by Crippen LogP contribution is 2.29. The van der Waals surface area contributed by atoms with E-state index in [9.17, 15) is 13.2 Å². The molecule has 0 bridgehead atoms. The first kappa shape index (κ1) is 23.0. The van der Waals surface area contributed by atoms with E-state index < -0.39 is 11.7 Å². The van der Waals surface area contributed by atoms with E-state index in [-0.39, 0.29) is 24.0 Å². The molecule has 1 aromatic carbocycles. The molecule has 0 amide bonds. The summed E-state index contributed by atoms with van der Waals surface area (Å²) in [7, 11) is 3.20. The van der Waals surface area contributed by atoms with Crippen LogP contribution in [0.4, 0.5) is 13.2 Å². The molecule has 0 aliphatic heterocycles. The van der Waals surface area contributed by atoms with E-state index in [1.54, 1.807) is 20.2 Å². The number of halogens is 4. The van der Waals surface area contributed by atoms with Crippen LogP contribution in [0.5, 0.6) is 5.88 Å². The van der Waals surface area contributed by atoms with E-state index in [1.165, 1.54) is 12.1 Å². The number of hydrogen-bond donors (Lipinski definition) is 2. The first-order valence-electron chi connectivity index (χ1n) is 8.03. The van der Waals surface area contributed by atoms with Gasteiger partial charge in [-0.25, -0.2) is 4.98 Å². The minimum absolute atomic E-state index is 0. The van der Waals surface area contributed by atoms with Crippen LogP contribution in [0.2, 0.25) is 0 Å². The van der Waals surface area contributed by atoms with Gasteiger partial charge in [0.2, 0.25) is 5.88 Å². The SMILES string of the molecule is CN=C(NCCc1ccc(C(F)(F)F)cc1)NCc1cccc(OC)n1.I. The third kappa shape index (κ3) is 7.61. The van der Waals surface area contributed by atoms with Gasteiger partial charge in [0.05, 0.1) is 24.9 Å². The highest BCUT2D eigenvalue weighted by Gasteiger charge is 2.29. The van der Waals surface area contributed by atoms with Gasteiger partial charge in [-0.15, -0.1) is 24.0 Å². The zero-order chi connectivity index (χ0) is 19.0. The Morgan fingerprint density at radius 3 is 2.41 bits per heavy atom. The number of ether oxygens (including phenoxy) is 1. The highest BCUT2D eigenvalue weighted by atomic mass is 127. The van der Waals surface area contributed by atoms with Crippen molar-refractivity contribution in [3.63, 3.8) is 0 Å². The van der Waals surface area contributed by atoms with E-state index in [2.05, 4.69) is 20.6 Å². The van der Waals surface area contributed by atoms with Crippen LogP contribution in [0.25, 0.3) is 0 Å². The average molecular weight is 494 g/mol. The highest BCUT2D eigenvalue weighted by molar-refractivity contribution is 14.0. The molecule has 0 fully saturated rings. The molecule has 5 nitrogen and oxygen atoms in total. The number of nitrogens with one attached hydrogen (secondary N) is 2. The second-order valence-corrected chi connectivity index (χ2v) is 5.47. The molecule has 1 heterocycles. The lowest BCUT2D eigenvalue weighted by Gasteiger charge is -2.12. The van der Waals surface area contributed by atoms with Gasteiger partial charge in [0, 0.05) is 19.7 Å². The van der Waals surface area contributed by atoms with Crippen LogP contribution in [0.15, 0.2) is 47.5 Å². The minimum Gasteiger partial charge on any atom is -0.481 e. The summed E-state index contributed by atoms with van der Waals surface area (Å²) in [4.78, 5) is 8.40. The number of benzene rings is 1. The zero-order valence-electron chi connectivity index (χ0n) is 15.0. The molecule has 0 unspecified atom stereocenters. The molecule has 2 N–H and O–H groups in total. The lowest BCUT2D eigenvalue weighted by atomic mass is 10.1. The molecule has 9 heteroatoms. The minimum atomic E-state index is -4.31. The Bertz CT molecular complexity index is 736. The predicted octanol–water partition coefficient (Wildman–Crippen LogP) is 3.63. The Kier molecular flexibility index (Phi) is 9.33. The summed E-state index contributed by atoms with van der Waals surface area (Å²) < 4.78 is 42.7. The molecule has 0 saturated heterocycles. The molecule has 0 spiro atoms. The lowest BCUT2D eigenvalue weighted by Crippen LogP contribution is -2.38. The fraction of sp³-hybridized carbons (Fsp3) is 0.333. The van der Waals surface area contributed by atoms with Crippen LogP contribution in [0.1, 0.15) is 16.8 Å². The fourth-order valence-electron chi connectivity index (χ4n) is 2.25. The maximum atomic E-state index is 12.5. The Labute approximate surface area is 173 Å². The van der Waals surface area contributed by atoms with E-state index in [1.807, 2.05) is 12.1 Å². The standard InChI is InChI=1S/C18H21F3N4O.HI/c1-22-17(24-12-15-4-3-5-16(25-15)26-2)23-11-10-13-6-8-14(9-7-13)18(19,20)21;/h3-9H,10-12H2,1-2H3,(H2,22,23,24);1H. The molecular formula is C18H22F3IN4O. The number of nitrogens with zero attached hydrogens (tertiary/aromatic N) is 2. The number of methoxy groups -OCH3 is 1. The van der Waals surface area contributed by atoms with Gasteiger partial charge < -0.3 is 15.4 Å². The molecule has 2 aromatic rings. The maximum Gasteiger partial charge on any atom is 0.416 e. The summed E-state index contributed by atoms with van der Waals surface area (Å²) in [5, 5.41) is 6.24. The fourth-order valence-corrected chi connectivity index (χ4v) is 2.25. The second-order valence-electron chi connectivity index (χ2n) is 5.47. The van der Waals surface area contributed by atoms with Gasteiger partial charge in [0.25, 0.3) is 0 Å². The van der Waals surface area contributed by atoms with Gasteiger partial charge >= 0.3 is 6.18 Å². The predicted molar refractivity (Wildman–Crippen MR) is 110 cm³/mol. The number of pyridine rings is 1. The Hall–Kier alpha value is -2.04. The van der Waals surface area contributed by atoms with Crippen LogP contribution in [0, 0.1) is 0 Å². The molecule has 0 atom stereocenters. The molecule has 0 aliphatic carbocycles. The quantitative estimate of drug-likeness (QED) is 0.366. The van der Waals surface area contributed by atoms with Crippen LogP contribution >= 0.6 is 24.0 Å². The van der Waals surface area contributed by atoms with E-state index in [4.69, 9.17) is 4.74 Å². The van der Waals surface area contributed by atoms with Crippen molar-refractivity contribution in [3.8, 4) is 5.88 Å². The molecule has 0 saturated carbocycles. The van der Waals surface area contributed by atoms with Crippen molar-refractivity contribution < 1.29 is 17.9 Å². The van der Waals surface area contributed by atoms with Crippen LogP contribution in [-0.4, -0.2) is 31.6 Å². The molecule has 2 rings (SSSR count). The Balaban J connectivity index is 0.00000364. The average Bonchev–Trinajstić information content (AvgIpc) is 2.64. The third-order valence-corrected chi connectivity index (χ3v) is 3.64. The van der Waals surface area contributed by atoms with Crippen molar-refractivity contribution in [1.29, 1.82) is 0 Å². The van der Waals surface area contributed by atoms with Gasteiger partial charge in [0.15, 0.2) is 5.96 Å². The summed E-state index contributed by atoms with van der Waals surface area (Å²) in [6.45, 7) is 1.01. The second kappa shape index (κ2) is 11.0. The summed E-state index contributed by atoms with van der Waals surface area (Å²) in [5.41, 5.74) is 0.975. The molecule has 0 aliphatic rings. The summed E-state index contributed by atoms with van der Waals surface area (Å²) in [6, 6.07) is 10.6. The van der Waals surface area contributed by atoms with Gasteiger partial charge in [0.1, 0.15) is 0 Å². The largest absolute Gasteiger partial charge is 0.481 e. The van der Waals surface area contributed by atoms with Crippen molar-refractivity contribution in [2.45, 2.75) is 19.1 Å². The number of rotatable bonds is 6. The third-order valence-electron chi connectivity index (χ3n) is 3.64. The topological polar surface area (TPSA) is 58.5 Å². The number of aromatic nitrogens is 1. The molecule has 148 valence electrons. The van der Waals surface area contributed by atoms with Gasteiger partial charge in [-0.05, 0) is 30.2 Å². The van der Waals surface area contributed by atoms with Crippen molar-refractivity contribution in [2.75, 3.05) is 20.7 Å². The summed E-state index contributed by atoms with van der Waals surface area (Å²) >= 11 is 0. The number of hydrogen-bond acceptors (Lipinski definition) is 3. The smallest absolute Gasteiger partial charge is 0.416 e. The van der Waals surface area contributed by atoms with E-state index in [0.717, 1.165) is 23.4 Å². The molecular weight excluding hydrogens is 472 g/mol. The van der Waals surface area contributed by atoms with Crippen molar-refractivity contribution in [1.82, 2.24) is 15.6 Å². The molecule has 1 aromatic heterocycles. The van der Waals surface area contributed by atoms with Crippen LogP contribution in [-0.2, 0) is 19.1 Å². The maximum absolute atomic E-state index is 12.5. The number of aliphatic imine (C=N–C) groups is 1. The van der Waals surface area contributed by atoms with E-state index >= 15 is 0 Å². The van der Waals surface area contributed by atoms with Crippen LogP contribution < -0.4 is 15.4 Å². The van der Waals surface area contributed by atoms with Crippen molar-refractivity contribution in [2.24, 2.45) is 4.99 Å². The Morgan fingerprint density at radius 2 is 1.81 bits per heavy atom. The number of alkyl halides is 3. The first-order valence-corrected chi connectivity index (χ1v) is 8.03. The molecule has 27 heavy (non-hydrogen) atoms. The summed E-state index contributed by atoms with van der Waals surface area (Å²) in [6.07, 6.45) is -3.73. The normalized spacial score (nSPS) is 11.5. The number of guanidine groups is 1. The Morgan fingerprint density at radius 1 is 1.11 bits per heavy atom. The molecule has 0 radical (unpaired) electrons. The van der Waals surface area contributed by atoms with Gasteiger partial charge in [-0.3, -0.25) is 4.99 Å². The first-order chi connectivity index (χ1) is 12.4. The van der Waals surface area contributed by atoms with Crippen LogP contribution in [0.3, 0.4) is 0 Å². The van der Waals surface area contributed by atoms with Gasteiger partial charge in [-0.2, -0.15) is 13.2 Å². The monoisotopic (exact) mass is 494 g/mol. The van der Waals surface area contributed by atoms with Crippen molar-refractivity contribution in [3.05, 3.63) is 59.3 Å². The van der Waals surface area contributed by atoms with Crippen molar-refractivity contribution >= 4 is 29.9 Å². The lowest BCUT2D eigenvalue weighted by molar-refractivity contribution is -0.137. The zero-order valence-corrected chi connectivity index (χ0v) is 17.3. The van der Waals surface area contributed by atoms with Gasteiger partial charge in [-0.1, -0.05) is 18.2 Å². The van der Waals surface area contributed by atoms with E-state index in [0.29, 0.717) is 31.3 Å². The summed E-state index contributed by atoms with van der Waals surface area (Å²) in [5.74, 6) is 1.12.